The lowest BCUT2D eigenvalue weighted by Gasteiger charge is -2.08. The Morgan fingerprint density at radius 2 is 2.08 bits per heavy atom. The summed E-state index contributed by atoms with van der Waals surface area (Å²) in [5.74, 6) is 1.48. The van der Waals surface area contributed by atoms with Crippen LogP contribution in [0.25, 0.3) is 21.7 Å². The van der Waals surface area contributed by atoms with Crippen LogP contribution in [0.2, 0.25) is 0 Å². The second-order valence-electron chi connectivity index (χ2n) is 6.11. The van der Waals surface area contributed by atoms with Gasteiger partial charge in [-0.05, 0) is 42.0 Å². The van der Waals surface area contributed by atoms with E-state index in [1.54, 1.807) is 29.2 Å². The Morgan fingerprint density at radius 3 is 2.85 bits per heavy atom. The van der Waals surface area contributed by atoms with Crippen molar-refractivity contribution in [1.29, 1.82) is 0 Å². The number of hydrogen-bond acceptors (Lipinski definition) is 6. The predicted molar refractivity (Wildman–Crippen MR) is 106 cm³/mol. The monoisotopic (exact) mass is 383 g/mol. The van der Waals surface area contributed by atoms with Crippen LogP contribution in [0, 0.1) is 13.8 Å². The van der Waals surface area contributed by atoms with E-state index in [1.165, 1.54) is 0 Å². The van der Waals surface area contributed by atoms with Crippen molar-refractivity contribution in [3.05, 3.63) is 62.8 Å². The summed E-state index contributed by atoms with van der Waals surface area (Å²) in [5, 5.41) is 12.4. The number of aryl methyl sites for hydroxylation is 2. The van der Waals surface area contributed by atoms with Crippen LogP contribution in [-0.2, 0) is 12.8 Å². The van der Waals surface area contributed by atoms with Crippen LogP contribution in [0.4, 0.5) is 0 Å². The molecule has 0 aliphatic heterocycles. The van der Waals surface area contributed by atoms with Gasteiger partial charge in [0.15, 0.2) is 11.0 Å². The fourth-order valence-electron chi connectivity index (χ4n) is 2.85. The Kier molecular flexibility index (Phi) is 4.42. The smallest absolute Gasteiger partial charge is 0.336 e. The van der Waals surface area contributed by atoms with E-state index in [-0.39, 0.29) is 5.63 Å². The minimum Gasteiger partial charge on any atom is -0.422 e. The maximum atomic E-state index is 12.0. The Labute approximate surface area is 158 Å². The standard InChI is InChI=1S/C19H17N3O2S2/c1-11-6-7-14-13(9-16(23)24-17(14)12(11)2)10-26-19-21-20-18(22(19)3)15-5-4-8-25-15/h4-9H,10H2,1-3H3. The number of rotatable bonds is 4. The Bertz CT molecular complexity index is 1140. The van der Waals surface area contributed by atoms with Gasteiger partial charge in [-0.3, -0.25) is 0 Å². The first kappa shape index (κ1) is 17.1. The molecule has 0 saturated heterocycles. The van der Waals surface area contributed by atoms with E-state index in [2.05, 4.69) is 16.3 Å². The number of benzene rings is 1. The molecule has 0 fully saturated rings. The van der Waals surface area contributed by atoms with Gasteiger partial charge in [0.2, 0.25) is 0 Å². The third-order valence-corrected chi connectivity index (χ3v) is 6.39. The molecule has 5 nitrogen and oxygen atoms in total. The molecule has 0 unspecified atom stereocenters. The SMILES string of the molecule is Cc1ccc2c(CSc3nnc(-c4cccs4)n3C)cc(=O)oc2c1C. The largest absolute Gasteiger partial charge is 0.422 e. The Balaban J connectivity index is 1.67. The van der Waals surface area contributed by atoms with Gasteiger partial charge < -0.3 is 8.98 Å². The van der Waals surface area contributed by atoms with Crippen molar-refractivity contribution in [3.8, 4) is 10.7 Å². The van der Waals surface area contributed by atoms with E-state index in [0.29, 0.717) is 11.3 Å². The molecule has 7 heteroatoms. The van der Waals surface area contributed by atoms with Gasteiger partial charge >= 0.3 is 5.63 Å². The van der Waals surface area contributed by atoms with Gasteiger partial charge in [0.05, 0.1) is 4.88 Å². The maximum absolute atomic E-state index is 12.0. The molecule has 0 N–H and O–H groups in total. The van der Waals surface area contributed by atoms with E-state index >= 15 is 0 Å². The van der Waals surface area contributed by atoms with Crippen LogP contribution >= 0.6 is 23.1 Å². The van der Waals surface area contributed by atoms with Crippen LogP contribution < -0.4 is 5.63 Å². The minimum atomic E-state index is -0.320. The van der Waals surface area contributed by atoms with Crippen molar-refractivity contribution in [3.63, 3.8) is 0 Å². The summed E-state index contributed by atoms with van der Waals surface area (Å²) >= 11 is 3.20. The molecular formula is C19H17N3O2S2. The molecule has 0 radical (unpaired) electrons. The van der Waals surface area contributed by atoms with Crippen molar-refractivity contribution < 1.29 is 4.42 Å². The van der Waals surface area contributed by atoms with E-state index in [9.17, 15) is 4.79 Å². The molecule has 132 valence electrons. The summed E-state index contributed by atoms with van der Waals surface area (Å²) in [6.45, 7) is 4.00. The summed E-state index contributed by atoms with van der Waals surface area (Å²) in [6, 6.07) is 9.68. The zero-order chi connectivity index (χ0) is 18.3. The van der Waals surface area contributed by atoms with Crippen LogP contribution in [0.15, 0.2) is 50.1 Å². The molecule has 0 aliphatic carbocycles. The van der Waals surface area contributed by atoms with Crippen molar-refractivity contribution in [1.82, 2.24) is 14.8 Å². The Hall–Kier alpha value is -2.38. The van der Waals surface area contributed by atoms with Crippen LogP contribution in [0.5, 0.6) is 0 Å². The van der Waals surface area contributed by atoms with E-state index in [1.807, 2.05) is 49.0 Å². The molecule has 0 atom stereocenters. The topological polar surface area (TPSA) is 60.9 Å². The van der Waals surface area contributed by atoms with E-state index < -0.39 is 0 Å². The van der Waals surface area contributed by atoms with Crippen LogP contribution in [-0.4, -0.2) is 14.8 Å². The molecule has 4 rings (SSSR count). The highest BCUT2D eigenvalue weighted by molar-refractivity contribution is 7.98. The quantitative estimate of drug-likeness (QED) is 0.382. The van der Waals surface area contributed by atoms with Crippen molar-refractivity contribution in [2.45, 2.75) is 24.8 Å². The van der Waals surface area contributed by atoms with Gasteiger partial charge in [0.1, 0.15) is 5.58 Å². The van der Waals surface area contributed by atoms with Gasteiger partial charge in [-0.1, -0.05) is 30.0 Å². The third kappa shape index (κ3) is 2.97. The molecule has 26 heavy (non-hydrogen) atoms. The number of thiophene rings is 1. The molecule has 1 aromatic carbocycles. The van der Waals surface area contributed by atoms with Gasteiger partial charge in [-0.15, -0.1) is 21.5 Å². The highest BCUT2D eigenvalue weighted by Gasteiger charge is 2.14. The molecule has 0 spiro atoms. The number of fused-ring (bicyclic) bond motifs is 1. The predicted octanol–water partition coefficient (Wildman–Crippen LogP) is 4.56. The molecule has 0 bridgehead atoms. The molecule has 0 aliphatic rings. The molecule has 4 aromatic rings. The molecule has 0 amide bonds. The molecule has 3 aromatic heterocycles. The molecule has 0 saturated carbocycles. The first-order valence-electron chi connectivity index (χ1n) is 8.13. The number of nitrogens with zero attached hydrogens (tertiary/aromatic N) is 3. The Morgan fingerprint density at radius 1 is 1.23 bits per heavy atom. The van der Waals surface area contributed by atoms with Gasteiger partial charge in [0.25, 0.3) is 0 Å². The minimum absolute atomic E-state index is 0.320. The number of hydrogen-bond donors (Lipinski definition) is 0. The van der Waals surface area contributed by atoms with Crippen LogP contribution in [0.3, 0.4) is 0 Å². The highest BCUT2D eigenvalue weighted by Crippen LogP contribution is 2.30. The fourth-order valence-corrected chi connectivity index (χ4v) is 4.49. The normalized spacial score (nSPS) is 11.3. The summed E-state index contributed by atoms with van der Waals surface area (Å²) in [4.78, 5) is 13.1. The van der Waals surface area contributed by atoms with Gasteiger partial charge in [-0.25, -0.2) is 4.79 Å². The lowest BCUT2D eigenvalue weighted by atomic mass is 10.0. The zero-order valence-corrected chi connectivity index (χ0v) is 16.3. The average molecular weight is 383 g/mol. The summed E-state index contributed by atoms with van der Waals surface area (Å²) in [7, 11) is 1.96. The number of thioether (sulfide) groups is 1. The van der Waals surface area contributed by atoms with E-state index in [4.69, 9.17) is 4.42 Å². The summed E-state index contributed by atoms with van der Waals surface area (Å²) < 4.78 is 7.43. The van der Waals surface area contributed by atoms with Crippen molar-refractivity contribution in [2.24, 2.45) is 7.05 Å². The van der Waals surface area contributed by atoms with Crippen LogP contribution in [0.1, 0.15) is 16.7 Å². The first-order chi connectivity index (χ1) is 12.5. The average Bonchev–Trinajstić information content (AvgIpc) is 3.26. The van der Waals surface area contributed by atoms with Gasteiger partial charge in [0, 0.05) is 24.3 Å². The molecule has 3 heterocycles. The lowest BCUT2D eigenvalue weighted by molar-refractivity contribution is 0.557. The second kappa shape index (κ2) is 6.74. The van der Waals surface area contributed by atoms with E-state index in [0.717, 1.165) is 37.9 Å². The second-order valence-corrected chi connectivity index (χ2v) is 8.00. The third-order valence-electron chi connectivity index (χ3n) is 4.45. The molecular weight excluding hydrogens is 366 g/mol. The fraction of sp³-hybridized carbons (Fsp3) is 0.211. The maximum Gasteiger partial charge on any atom is 0.336 e. The highest BCUT2D eigenvalue weighted by atomic mass is 32.2. The van der Waals surface area contributed by atoms with Crippen molar-refractivity contribution in [2.75, 3.05) is 0 Å². The summed E-state index contributed by atoms with van der Waals surface area (Å²) in [5.41, 5.74) is 3.42. The number of aromatic nitrogens is 3. The lowest BCUT2D eigenvalue weighted by Crippen LogP contribution is -2.02. The van der Waals surface area contributed by atoms with Gasteiger partial charge in [-0.2, -0.15) is 0 Å². The first-order valence-corrected chi connectivity index (χ1v) is 10.00. The zero-order valence-electron chi connectivity index (χ0n) is 14.6. The summed E-state index contributed by atoms with van der Waals surface area (Å²) in [6.07, 6.45) is 0. The van der Waals surface area contributed by atoms with Crippen molar-refractivity contribution >= 4 is 34.1 Å².